The van der Waals surface area contributed by atoms with Crippen LogP contribution in [-0.2, 0) is 4.79 Å². The maximum atomic E-state index is 11.7. The van der Waals surface area contributed by atoms with Gasteiger partial charge in [-0.2, -0.15) is 0 Å². The van der Waals surface area contributed by atoms with E-state index in [2.05, 4.69) is 5.32 Å². The molecule has 2 rings (SSSR count). The average Bonchev–Trinajstić information content (AvgIpc) is 2.38. The monoisotopic (exact) mass is 332 g/mol. The summed E-state index contributed by atoms with van der Waals surface area (Å²) in [5.41, 5.74) is 0.562. The van der Waals surface area contributed by atoms with Crippen LogP contribution in [0.2, 0.25) is 10.0 Å². The van der Waals surface area contributed by atoms with Gasteiger partial charge in [-0.1, -0.05) is 23.2 Å². The molecule has 1 aliphatic rings. The number of ether oxygens (including phenoxy) is 1. The van der Waals surface area contributed by atoms with Crippen molar-refractivity contribution in [1.82, 2.24) is 10.2 Å². The molecule has 1 aromatic carbocycles. The molecule has 2 N–H and O–H groups in total. The number of rotatable bonds is 4. The highest BCUT2D eigenvalue weighted by molar-refractivity contribution is 6.37. The molecule has 1 saturated heterocycles. The Labute approximate surface area is 133 Å². The molecule has 2 unspecified atom stereocenters. The fraction of sp³-hybridized carbons (Fsp3) is 0.500. The van der Waals surface area contributed by atoms with Crippen molar-refractivity contribution >= 4 is 29.2 Å². The lowest BCUT2D eigenvalue weighted by molar-refractivity contribution is -0.144. The third-order valence-electron chi connectivity index (χ3n) is 3.54. The van der Waals surface area contributed by atoms with E-state index in [0.29, 0.717) is 34.4 Å². The third-order valence-corrected chi connectivity index (χ3v) is 4.10. The van der Waals surface area contributed by atoms with Crippen LogP contribution in [0, 0.1) is 0 Å². The number of aliphatic carboxylic acids is 1. The van der Waals surface area contributed by atoms with E-state index in [1.165, 1.54) is 7.11 Å². The zero-order valence-electron chi connectivity index (χ0n) is 11.9. The van der Waals surface area contributed by atoms with Crippen LogP contribution in [0.25, 0.3) is 0 Å². The number of carboxylic acids is 1. The van der Waals surface area contributed by atoms with Crippen molar-refractivity contribution in [3.63, 3.8) is 0 Å². The van der Waals surface area contributed by atoms with Gasteiger partial charge in [0.15, 0.2) is 5.75 Å². The summed E-state index contributed by atoms with van der Waals surface area (Å²) < 4.78 is 5.10. The summed E-state index contributed by atoms with van der Waals surface area (Å²) in [5.74, 6) is -0.554. The van der Waals surface area contributed by atoms with E-state index in [1.54, 1.807) is 12.1 Å². The Morgan fingerprint density at radius 2 is 2.10 bits per heavy atom. The highest BCUT2D eigenvalue weighted by atomic mass is 35.5. The Kier molecular flexibility index (Phi) is 5.32. The summed E-state index contributed by atoms with van der Waals surface area (Å²) in [6.45, 7) is 4.09. The number of carbonyl (C=O) groups is 1. The first kappa shape index (κ1) is 16.4. The first-order valence-corrected chi connectivity index (χ1v) is 7.42. The standard InChI is InChI=1S/C14H18Cl2N2O3/c1-8-7-18(4-3-17-8)12(14(19)20)9-5-10(15)13(21-2)11(16)6-9/h5-6,8,12,17H,3-4,7H2,1-2H3,(H,19,20). The number of carboxylic acid groups (broad SMARTS) is 1. The molecule has 0 spiro atoms. The van der Waals surface area contributed by atoms with Gasteiger partial charge in [-0.3, -0.25) is 9.69 Å². The lowest BCUT2D eigenvalue weighted by Gasteiger charge is -2.36. The van der Waals surface area contributed by atoms with Gasteiger partial charge in [-0.25, -0.2) is 0 Å². The maximum Gasteiger partial charge on any atom is 0.325 e. The number of benzene rings is 1. The summed E-state index contributed by atoms with van der Waals surface area (Å²) >= 11 is 12.2. The van der Waals surface area contributed by atoms with Crippen molar-refractivity contribution in [1.29, 1.82) is 0 Å². The molecule has 0 aromatic heterocycles. The normalized spacial score (nSPS) is 21.0. The van der Waals surface area contributed by atoms with Crippen molar-refractivity contribution in [3.8, 4) is 5.75 Å². The van der Waals surface area contributed by atoms with Gasteiger partial charge >= 0.3 is 5.97 Å². The highest BCUT2D eigenvalue weighted by Gasteiger charge is 2.31. The second-order valence-corrected chi connectivity index (χ2v) is 5.92. The van der Waals surface area contributed by atoms with Crippen LogP contribution < -0.4 is 10.1 Å². The summed E-state index contributed by atoms with van der Waals surface area (Å²) in [7, 11) is 1.47. The zero-order valence-corrected chi connectivity index (χ0v) is 13.4. The lowest BCUT2D eigenvalue weighted by Crippen LogP contribution is -2.51. The Bertz CT molecular complexity index is 516. The fourth-order valence-electron chi connectivity index (χ4n) is 2.64. The summed E-state index contributed by atoms with van der Waals surface area (Å²) in [4.78, 5) is 13.6. The number of halogens is 2. The highest BCUT2D eigenvalue weighted by Crippen LogP contribution is 2.37. The number of hydrogen-bond donors (Lipinski definition) is 2. The van der Waals surface area contributed by atoms with Crippen LogP contribution in [0.15, 0.2) is 12.1 Å². The van der Waals surface area contributed by atoms with Crippen molar-refractivity contribution in [2.75, 3.05) is 26.7 Å². The van der Waals surface area contributed by atoms with E-state index >= 15 is 0 Å². The van der Waals surface area contributed by atoms with Gasteiger partial charge in [0.25, 0.3) is 0 Å². The number of nitrogens with zero attached hydrogens (tertiary/aromatic N) is 1. The lowest BCUT2D eigenvalue weighted by atomic mass is 10.0. The van der Waals surface area contributed by atoms with Crippen LogP contribution in [-0.4, -0.2) is 48.8 Å². The molecule has 21 heavy (non-hydrogen) atoms. The number of hydrogen-bond acceptors (Lipinski definition) is 4. The van der Waals surface area contributed by atoms with E-state index in [-0.39, 0.29) is 6.04 Å². The Balaban J connectivity index is 2.36. The van der Waals surface area contributed by atoms with Crippen LogP contribution >= 0.6 is 23.2 Å². The van der Waals surface area contributed by atoms with Gasteiger partial charge in [0, 0.05) is 25.7 Å². The summed E-state index contributed by atoms with van der Waals surface area (Å²) in [5, 5.41) is 13.5. The van der Waals surface area contributed by atoms with E-state index in [4.69, 9.17) is 27.9 Å². The Morgan fingerprint density at radius 1 is 1.48 bits per heavy atom. The van der Waals surface area contributed by atoms with E-state index in [1.807, 2.05) is 11.8 Å². The molecule has 0 bridgehead atoms. The van der Waals surface area contributed by atoms with Crippen molar-refractivity contribution in [2.24, 2.45) is 0 Å². The van der Waals surface area contributed by atoms with Crippen LogP contribution in [0.4, 0.5) is 0 Å². The topological polar surface area (TPSA) is 61.8 Å². The van der Waals surface area contributed by atoms with E-state index in [0.717, 1.165) is 6.54 Å². The van der Waals surface area contributed by atoms with Crippen LogP contribution in [0.5, 0.6) is 5.75 Å². The smallest absolute Gasteiger partial charge is 0.325 e. The second-order valence-electron chi connectivity index (χ2n) is 5.11. The van der Waals surface area contributed by atoms with Gasteiger partial charge in [-0.05, 0) is 24.6 Å². The molecule has 0 saturated carbocycles. The predicted octanol–water partition coefficient (Wildman–Crippen LogP) is 2.42. The summed E-state index contributed by atoms with van der Waals surface area (Å²) in [6, 6.07) is 2.69. The Hall–Kier alpha value is -1.01. The fourth-order valence-corrected chi connectivity index (χ4v) is 3.30. The molecule has 7 heteroatoms. The van der Waals surface area contributed by atoms with Gasteiger partial charge < -0.3 is 15.2 Å². The molecule has 0 aliphatic carbocycles. The van der Waals surface area contributed by atoms with Crippen molar-refractivity contribution in [3.05, 3.63) is 27.7 Å². The molecular weight excluding hydrogens is 315 g/mol. The van der Waals surface area contributed by atoms with Gasteiger partial charge in [-0.15, -0.1) is 0 Å². The molecule has 0 amide bonds. The average molecular weight is 333 g/mol. The molecule has 1 aliphatic heterocycles. The van der Waals surface area contributed by atoms with E-state index in [9.17, 15) is 9.90 Å². The third kappa shape index (κ3) is 3.61. The quantitative estimate of drug-likeness (QED) is 0.886. The minimum Gasteiger partial charge on any atom is -0.494 e. The largest absolute Gasteiger partial charge is 0.494 e. The van der Waals surface area contributed by atoms with E-state index < -0.39 is 12.0 Å². The molecule has 0 radical (unpaired) electrons. The summed E-state index contributed by atoms with van der Waals surface area (Å²) in [6.07, 6.45) is 0. The SMILES string of the molecule is COc1c(Cl)cc(C(C(=O)O)N2CCNC(C)C2)cc1Cl. The van der Waals surface area contributed by atoms with Gasteiger partial charge in [0.1, 0.15) is 6.04 Å². The van der Waals surface area contributed by atoms with Gasteiger partial charge in [0.05, 0.1) is 17.2 Å². The molecular formula is C14H18Cl2N2O3. The Morgan fingerprint density at radius 3 is 2.57 bits per heavy atom. The minimum atomic E-state index is -0.915. The first-order chi connectivity index (χ1) is 9.93. The molecule has 1 aromatic rings. The zero-order chi connectivity index (χ0) is 15.6. The number of nitrogens with one attached hydrogen (secondary N) is 1. The molecule has 116 valence electrons. The molecule has 5 nitrogen and oxygen atoms in total. The number of piperazine rings is 1. The maximum absolute atomic E-state index is 11.7. The number of methoxy groups -OCH3 is 1. The minimum absolute atomic E-state index is 0.241. The molecule has 1 heterocycles. The second kappa shape index (κ2) is 6.83. The van der Waals surface area contributed by atoms with Crippen LogP contribution in [0.1, 0.15) is 18.5 Å². The van der Waals surface area contributed by atoms with Crippen LogP contribution in [0.3, 0.4) is 0 Å². The van der Waals surface area contributed by atoms with Crippen molar-refractivity contribution in [2.45, 2.75) is 19.0 Å². The van der Waals surface area contributed by atoms with Crippen molar-refractivity contribution < 1.29 is 14.6 Å². The molecule has 2 atom stereocenters. The predicted molar refractivity (Wildman–Crippen MR) is 82.4 cm³/mol. The first-order valence-electron chi connectivity index (χ1n) is 6.67. The molecule has 1 fully saturated rings. The van der Waals surface area contributed by atoms with Gasteiger partial charge in [0.2, 0.25) is 0 Å².